The molecule has 86 valence electrons. The highest BCUT2D eigenvalue weighted by Crippen LogP contribution is 2.42. The van der Waals surface area contributed by atoms with Crippen molar-refractivity contribution in [3.8, 4) is 0 Å². The van der Waals surface area contributed by atoms with E-state index in [1.807, 2.05) is 6.92 Å². The van der Waals surface area contributed by atoms with E-state index in [2.05, 4.69) is 27.4 Å². The van der Waals surface area contributed by atoms with Crippen molar-refractivity contribution < 1.29 is 9.53 Å². The molecule has 1 fully saturated rings. The second-order valence-corrected chi connectivity index (χ2v) is 5.25. The summed E-state index contributed by atoms with van der Waals surface area (Å²) in [5, 5.41) is 0. The van der Waals surface area contributed by atoms with E-state index in [1.165, 1.54) is 12.5 Å². The predicted octanol–water partition coefficient (Wildman–Crippen LogP) is 3.18. The van der Waals surface area contributed by atoms with Gasteiger partial charge in [-0.2, -0.15) is 0 Å². The standard InChI is InChI=1S/C13H22O2/c1-6-12(14)15-13(5)8-9(2)7-10(3)11(13)4/h6,9-11H,1,7-8H2,2-5H3. The number of carbonyl (C=O) groups is 1. The van der Waals surface area contributed by atoms with Crippen LogP contribution in [0.1, 0.15) is 40.5 Å². The third kappa shape index (κ3) is 2.61. The van der Waals surface area contributed by atoms with Crippen molar-refractivity contribution in [2.75, 3.05) is 0 Å². The maximum atomic E-state index is 11.3. The molecule has 0 heterocycles. The van der Waals surface area contributed by atoms with Gasteiger partial charge in [-0.25, -0.2) is 4.79 Å². The Morgan fingerprint density at radius 2 is 2.07 bits per heavy atom. The normalized spacial score (nSPS) is 40.9. The lowest BCUT2D eigenvalue weighted by molar-refractivity contribution is -0.166. The monoisotopic (exact) mass is 210 g/mol. The molecule has 2 heteroatoms. The average Bonchev–Trinajstić information content (AvgIpc) is 2.13. The van der Waals surface area contributed by atoms with E-state index in [4.69, 9.17) is 4.74 Å². The van der Waals surface area contributed by atoms with E-state index in [-0.39, 0.29) is 11.6 Å². The molecule has 0 radical (unpaired) electrons. The molecule has 1 aliphatic carbocycles. The first kappa shape index (κ1) is 12.3. The van der Waals surface area contributed by atoms with Gasteiger partial charge in [-0.15, -0.1) is 0 Å². The van der Waals surface area contributed by atoms with Gasteiger partial charge in [0.25, 0.3) is 0 Å². The van der Waals surface area contributed by atoms with Crippen molar-refractivity contribution in [1.82, 2.24) is 0 Å². The van der Waals surface area contributed by atoms with Crippen LogP contribution in [0.5, 0.6) is 0 Å². The number of carbonyl (C=O) groups excluding carboxylic acids is 1. The van der Waals surface area contributed by atoms with Crippen LogP contribution in [0.3, 0.4) is 0 Å². The first-order valence-electron chi connectivity index (χ1n) is 5.74. The van der Waals surface area contributed by atoms with Crippen molar-refractivity contribution in [3.63, 3.8) is 0 Å². The summed E-state index contributed by atoms with van der Waals surface area (Å²) in [6.45, 7) is 12.1. The van der Waals surface area contributed by atoms with Crippen molar-refractivity contribution in [1.29, 1.82) is 0 Å². The molecule has 0 amide bonds. The zero-order chi connectivity index (χ0) is 11.6. The lowest BCUT2D eigenvalue weighted by Gasteiger charge is -2.45. The molecule has 0 spiro atoms. The molecule has 15 heavy (non-hydrogen) atoms. The molecule has 0 bridgehead atoms. The van der Waals surface area contributed by atoms with Gasteiger partial charge in [0.15, 0.2) is 0 Å². The van der Waals surface area contributed by atoms with Crippen LogP contribution in [0.15, 0.2) is 12.7 Å². The van der Waals surface area contributed by atoms with Gasteiger partial charge in [0.05, 0.1) is 0 Å². The second-order valence-electron chi connectivity index (χ2n) is 5.25. The Balaban J connectivity index is 2.79. The topological polar surface area (TPSA) is 26.3 Å². The number of ether oxygens (including phenoxy) is 1. The van der Waals surface area contributed by atoms with Crippen LogP contribution < -0.4 is 0 Å². The minimum atomic E-state index is -0.317. The summed E-state index contributed by atoms with van der Waals surface area (Å²) in [6, 6.07) is 0. The van der Waals surface area contributed by atoms with Gasteiger partial charge in [-0.05, 0) is 37.5 Å². The minimum absolute atomic E-state index is 0.300. The zero-order valence-electron chi connectivity index (χ0n) is 10.2. The summed E-state index contributed by atoms with van der Waals surface area (Å²) in [4.78, 5) is 11.3. The molecule has 1 saturated carbocycles. The highest BCUT2D eigenvalue weighted by molar-refractivity contribution is 5.81. The van der Waals surface area contributed by atoms with Gasteiger partial charge in [0.2, 0.25) is 0 Å². The molecule has 0 aliphatic heterocycles. The van der Waals surface area contributed by atoms with E-state index in [1.54, 1.807) is 0 Å². The summed E-state index contributed by atoms with van der Waals surface area (Å²) >= 11 is 0. The Morgan fingerprint density at radius 3 is 2.60 bits per heavy atom. The smallest absolute Gasteiger partial charge is 0.330 e. The maximum absolute atomic E-state index is 11.3. The Hall–Kier alpha value is -0.790. The Morgan fingerprint density at radius 1 is 1.47 bits per heavy atom. The van der Waals surface area contributed by atoms with Crippen LogP contribution in [0, 0.1) is 17.8 Å². The first-order valence-corrected chi connectivity index (χ1v) is 5.74. The predicted molar refractivity (Wildman–Crippen MR) is 61.4 cm³/mol. The van der Waals surface area contributed by atoms with Crippen LogP contribution in [0.25, 0.3) is 0 Å². The highest BCUT2D eigenvalue weighted by Gasteiger charge is 2.43. The molecule has 2 nitrogen and oxygen atoms in total. The quantitative estimate of drug-likeness (QED) is 0.517. The molecule has 1 aliphatic rings. The number of rotatable bonds is 2. The zero-order valence-corrected chi connectivity index (χ0v) is 10.2. The number of hydrogen-bond donors (Lipinski definition) is 0. The maximum Gasteiger partial charge on any atom is 0.330 e. The number of esters is 1. The molecule has 0 N–H and O–H groups in total. The van der Waals surface area contributed by atoms with Gasteiger partial charge in [0, 0.05) is 6.08 Å². The van der Waals surface area contributed by atoms with Gasteiger partial charge in [0.1, 0.15) is 5.60 Å². The molecular weight excluding hydrogens is 188 g/mol. The molecule has 1 rings (SSSR count). The van der Waals surface area contributed by atoms with Gasteiger partial charge in [-0.1, -0.05) is 27.4 Å². The molecule has 0 aromatic heterocycles. The fraction of sp³-hybridized carbons (Fsp3) is 0.769. The minimum Gasteiger partial charge on any atom is -0.456 e. The molecule has 0 saturated heterocycles. The van der Waals surface area contributed by atoms with E-state index in [0.29, 0.717) is 17.8 Å². The highest BCUT2D eigenvalue weighted by atomic mass is 16.6. The SMILES string of the molecule is C=CC(=O)OC1(C)CC(C)CC(C)C1C. The Bertz CT molecular complexity index is 259. The van der Waals surface area contributed by atoms with E-state index in [9.17, 15) is 4.79 Å². The second kappa shape index (κ2) is 4.38. The van der Waals surface area contributed by atoms with Crippen molar-refractivity contribution >= 4 is 5.97 Å². The molecule has 0 aromatic rings. The third-order valence-corrected chi connectivity index (χ3v) is 3.85. The van der Waals surface area contributed by atoms with Gasteiger partial charge < -0.3 is 4.74 Å². The fourth-order valence-corrected chi connectivity index (χ4v) is 2.81. The van der Waals surface area contributed by atoms with Gasteiger partial charge >= 0.3 is 5.97 Å². The summed E-state index contributed by atoms with van der Waals surface area (Å²) in [6.07, 6.45) is 3.43. The van der Waals surface area contributed by atoms with E-state index in [0.717, 1.165) is 6.42 Å². The average molecular weight is 210 g/mol. The van der Waals surface area contributed by atoms with Crippen molar-refractivity contribution in [2.45, 2.75) is 46.1 Å². The molecule has 4 unspecified atom stereocenters. The van der Waals surface area contributed by atoms with Crippen LogP contribution in [0.2, 0.25) is 0 Å². The van der Waals surface area contributed by atoms with Crippen LogP contribution >= 0.6 is 0 Å². The summed E-state index contributed by atoms with van der Waals surface area (Å²) in [7, 11) is 0. The van der Waals surface area contributed by atoms with Crippen LogP contribution in [0.4, 0.5) is 0 Å². The van der Waals surface area contributed by atoms with E-state index >= 15 is 0 Å². The third-order valence-electron chi connectivity index (χ3n) is 3.85. The first-order chi connectivity index (χ1) is 6.89. The Kier molecular flexibility index (Phi) is 3.58. The van der Waals surface area contributed by atoms with E-state index < -0.39 is 0 Å². The number of hydrogen-bond acceptors (Lipinski definition) is 2. The molecule has 4 atom stereocenters. The summed E-state index contributed by atoms with van der Waals surface area (Å²) in [5.41, 5.74) is -0.317. The van der Waals surface area contributed by atoms with Gasteiger partial charge in [-0.3, -0.25) is 0 Å². The molecule has 0 aromatic carbocycles. The lowest BCUT2D eigenvalue weighted by atomic mass is 9.67. The van der Waals surface area contributed by atoms with Crippen LogP contribution in [-0.2, 0) is 9.53 Å². The molecular formula is C13H22O2. The fourth-order valence-electron chi connectivity index (χ4n) is 2.81. The Labute approximate surface area is 92.7 Å². The van der Waals surface area contributed by atoms with Crippen molar-refractivity contribution in [2.24, 2.45) is 17.8 Å². The largest absolute Gasteiger partial charge is 0.456 e. The lowest BCUT2D eigenvalue weighted by Crippen LogP contribution is -2.46. The summed E-state index contributed by atoms with van der Waals surface area (Å²) < 4.78 is 5.52. The summed E-state index contributed by atoms with van der Waals surface area (Å²) in [5.74, 6) is 1.35. The van der Waals surface area contributed by atoms with Crippen molar-refractivity contribution in [3.05, 3.63) is 12.7 Å². The van der Waals surface area contributed by atoms with Crippen LogP contribution in [-0.4, -0.2) is 11.6 Å².